The van der Waals surface area contributed by atoms with Gasteiger partial charge in [-0.1, -0.05) is 24.3 Å². The molecule has 0 aromatic heterocycles. The Morgan fingerprint density at radius 1 is 0.833 bits per heavy atom. The van der Waals surface area contributed by atoms with Crippen LogP contribution in [0.1, 0.15) is 22.0 Å². The van der Waals surface area contributed by atoms with Crippen LogP contribution in [0.2, 0.25) is 0 Å². The summed E-state index contributed by atoms with van der Waals surface area (Å²) in [7, 11) is 0. The Labute approximate surface area is 171 Å². The highest BCUT2D eigenvalue weighted by Crippen LogP contribution is 2.15. The lowest BCUT2D eigenvalue weighted by Gasteiger charge is -2.13. The summed E-state index contributed by atoms with van der Waals surface area (Å²) in [6, 6.07) is 16.4. The molecule has 3 aromatic rings. The van der Waals surface area contributed by atoms with Gasteiger partial charge in [-0.15, -0.1) is 0 Å². The standard InChI is InChI=1S/C22H19F2N3O3/c23-16-9-7-14(8-10-16)20(28)13-25-22(30)27-18-5-1-3-15(11-18)21(29)26-19-6-2-4-17(24)12-19/h1-12,20,28H,13H2,(H,26,29)(H2,25,27,30). The van der Waals surface area contributed by atoms with E-state index >= 15 is 0 Å². The van der Waals surface area contributed by atoms with Crippen LogP contribution >= 0.6 is 0 Å². The van der Waals surface area contributed by atoms with Crippen molar-refractivity contribution in [3.8, 4) is 0 Å². The van der Waals surface area contributed by atoms with Crippen LogP contribution in [0.25, 0.3) is 0 Å². The lowest BCUT2D eigenvalue weighted by atomic mass is 10.1. The highest BCUT2D eigenvalue weighted by atomic mass is 19.1. The van der Waals surface area contributed by atoms with Crippen molar-refractivity contribution in [1.29, 1.82) is 0 Å². The normalized spacial score (nSPS) is 11.4. The van der Waals surface area contributed by atoms with Crippen LogP contribution < -0.4 is 16.0 Å². The fourth-order valence-electron chi connectivity index (χ4n) is 2.68. The molecule has 1 unspecified atom stereocenters. The van der Waals surface area contributed by atoms with E-state index in [0.29, 0.717) is 16.9 Å². The second-order valence-electron chi connectivity index (χ2n) is 6.45. The van der Waals surface area contributed by atoms with E-state index in [4.69, 9.17) is 0 Å². The molecule has 3 rings (SSSR count). The van der Waals surface area contributed by atoms with Crippen LogP contribution in [-0.2, 0) is 0 Å². The molecule has 0 radical (unpaired) electrons. The first kappa shape index (κ1) is 20.9. The molecule has 0 fully saturated rings. The number of carbonyl (C=O) groups excluding carboxylic acids is 2. The minimum absolute atomic E-state index is 0.0861. The second-order valence-corrected chi connectivity index (χ2v) is 6.45. The number of hydrogen-bond acceptors (Lipinski definition) is 3. The van der Waals surface area contributed by atoms with Gasteiger partial charge < -0.3 is 21.1 Å². The molecule has 30 heavy (non-hydrogen) atoms. The Balaban J connectivity index is 1.55. The molecule has 0 aliphatic carbocycles. The molecule has 8 heteroatoms. The van der Waals surface area contributed by atoms with Crippen molar-refractivity contribution < 1.29 is 23.5 Å². The largest absolute Gasteiger partial charge is 0.387 e. The van der Waals surface area contributed by atoms with Gasteiger partial charge in [0.25, 0.3) is 5.91 Å². The molecule has 0 saturated carbocycles. The number of urea groups is 1. The summed E-state index contributed by atoms with van der Waals surface area (Å²) >= 11 is 0. The van der Waals surface area contributed by atoms with E-state index in [2.05, 4.69) is 16.0 Å². The molecule has 0 aliphatic heterocycles. The number of carbonyl (C=O) groups is 2. The van der Waals surface area contributed by atoms with E-state index in [9.17, 15) is 23.5 Å². The number of amides is 3. The van der Waals surface area contributed by atoms with Crippen molar-refractivity contribution >= 4 is 23.3 Å². The Bertz CT molecular complexity index is 1040. The van der Waals surface area contributed by atoms with Crippen LogP contribution in [0.3, 0.4) is 0 Å². The summed E-state index contributed by atoms with van der Waals surface area (Å²) in [5.74, 6) is -1.35. The number of aliphatic hydroxyl groups is 1. The molecule has 0 bridgehead atoms. The maximum absolute atomic E-state index is 13.2. The third-order valence-corrected chi connectivity index (χ3v) is 4.18. The third-order valence-electron chi connectivity index (χ3n) is 4.18. The van der Waals surface area contributed by atoms with Crippen molar-refractivity contribution in [3.05, 3.63) is 95.6 Å². The van der Waals surface area contributed by atoms with E-state index < -0.39 is 29.7 Å². The Morgan fingerprint density at radius 2 is 1.50 bits per heavy atom. The molecule has 3 amide bonds. The maximum atomic E-state index is 13.2. The smallest absolute Gasteiger partial charge is 0.319 e. The minimum atomic E-state index is -1.00. The predicted octanol–water partition coefficient (Wildman–Crippen LogP) is 4.07. The lowest BCUT2D eigenvalue weighted by Crippen LogP contribution is -2.32. The van der Waals surface area contributed by atoms with Crippen molar-refractivity contribution in [2.24, 2.45) is 0 Å². The van der Waals surface area contributed by atoms with E-state index in [-0.39, 0.29) is 12.1 Å². The fourth-order valence-corrected chi connectivity index (χ4v) is 2.68. The van der Waals surface area contributed by atoms with Gasteiger partial charge in [-0.2, -0.15) is 0 Å². The van der Waals surface area contributed by atoms with Crippen LogP contribution in [0, 0.1) is 11.6 Å². The van der Waals surface area contributed by atoms with Gasteiger partial charge in [0.05, 0.1) is 6.10 Å². The zero-order valence-electron chi connectivity index (χ0n) is 15.7. The number of hydrogen-bond donors (Lipinski definition) is 4. The summed E-state index contributed by atoms with van der Waals surface area (Å²) in [5, 5.41) is 17.7. The Hall–Kier alpha value is -3.78. The Kier molecular flexibility index (Phi) is 6.71. The molecule has 0 saturated heterocycles. The maximum Gasteiger partial charge on any atom is 0.319 e. The second kappa shape index (κ2) is 9.62. The van der Waals surface area contributed by atoms with Crippen LogP contribution in [-0.4, -0.2) is 23.6 Å². The fraction of sp³-hybridized carbons (Fsp3) is 0.0909. The first-order chi connectivity index (χ1) is 14.4. The van der Waals surface area contributed by atoms with Gasteiger partial charge >= 0.3 is 6.03 Å². The summed E-state index contributed by atoms with van der Waals surface area (Å²) in [6.07, 6.45) is -1.00. The molecule has 1 atom stereocenters. The van der Waals surface area contributed by atoms with Gasteiger partial charge in [0, 0.05) is 23.5 Å². The van der Waals surface area contributed by atoms with Gasteiger partial charge in [-0.25, -0.2) is 13.6 Å². The van der Waals surface area contributed by atoms with Gasteiger partial charge in [0.1, 0.15) is 11.6 Å². The van der Waals surface area contributed by atoms with Crippen molar-refractivity contribution in [3.63, 3.8) is 0 Å². The van der Waals surface area contributed by atoms with Gasteiger partial charge in [0.2, 0.25) is 0 Å². The first-order valence-corrected chi connectivity index (χ1v) is 9.06. The molecule has 154 valence electrons. The van der Waals surface area contributed by atoms with Crippen molar-refractivity contribution in [2.75, 3.05) is 17.2 Å². The SMILES string of the molecule is O=C(NCC(O)c1ccc(F)cc1)Nc1cccc(C(=O)Nc2cccc(F)c2)c1. The summed E-state index contributed by atoms with van der Waals surface area (Å²) in [5.41, 5.74) is 1.40. The van der Waals surface area contributed by atoms with Crippen LogP contribution in [0.15, 0.2) is 72.8 Å². The number of benzene rings is 3. The Morgan fingerprint density at radius 3 is 2.20 bits per heavy atom. The molecule has 0 heterocycles. The monoisotopic (exact) mass is 411 g/mol. The molecule has 3 aromatic carbocycles. The quantitative estimate of drug-likeness (QED) is 0.493. The number of halogens is 2. The van der Waals surface area contributed by atoms with Gasteiger partial charge in [0.15, 0.2) is 0 Å². The average Bonchev–Trinajstić information content (AvgIpc) is 2.73. The molecule has 4 N–H and O–H groups in total. The summed E-state index contributed by atoms with van der Waals surface area (Å²) in [6.45, 7) is -0.0861. The zero-order valence-corrected chi connectivity index (χ0v) is 15.7. The molecule has 0 spiro atoms. The third kappa shape index (κ3) is 5.86. The van der Waals surface area contributed by atoms with Gasteiger partial charge in [-0.05, 0) is 54.1 Å². The highest BCUT2D eigenvalue weighted by Gasteiger charge is 2.11. The van der Waals surface area contributed by atoms with Crippen LogP contribution in [0.4, 0.5) is 25.0 Å². The topological polar surface area (TPSA) is 90.5 Å². The molecular formula is C22H19F2N3O3. The first-order valence-electron chi connectivity index (χ1n) is 9.06. The average molecular weight is 411 g/mol. The van der Waals surface area contributed by atoms with Crippen molar-refractivity contribution in [1.82, 2.24) is 5.32 Å². The predicted molar refractivity (Wildman–Crippen MR) is 109 cm³/mol. The van der Waals surface area contributed by atoms with E-state index in [1.165, 1.54) is 48.5 Å². The highest BCUT2D eigenvalue weighted by molar-refractivity contribution is 6.05. The lowest BCUT2D eigenvalue weighted by molar-refractivity contribution is 0.102. The summed E-state index contributed by atoms with van der Waals surface area (Å²) < 4.78 is 26.2. The van der Waals surface area contributed by atoms with E-state index in [1.54, 1.807) is 24.3 Å². The minimum Gasteiger partial charge on any atom is -0.387 e. The van der Waals surface area contributed by atoms with Gasteiger partial charge in [-0.3, -0.25) is 4.79 Å². The number of aliphatic hydroxyl groups excluding tert-OH is 1. The van der Waals surface area contributed by atoms with Crippen LogP contribution in [0.5, 0.6) is 0 Å². The molecule has 6 nitrogen and oxygen atoms in total. The number of nitrogens with one attached hydrogen (secondary N) is 3. The zero-order chi connectivity index (χ0) is 21.5. The van der Waals surface area contributed by atoms with E-state index in [1.807, 2.05) is 0 Å². The molecule has 0 aliphatic rings. The molecular weight excluding hydrogens is 392 g/mol. The van der Waals surface area contributed by atoms with E-state index in [0.717, 1.165) is 0 Å². The summed E-state index contributed by atoms with van der Waals surface area (Å²) in [4.78, 5) is 24.4. The number of anilines is 2. The number of rotatable bonds is 6. The van der Waals surface area contributed by atoms with Crippen molar-refractivity contribution in [2.45, 2.75) is 6.10 Å².